The minimum absolute atomic E-state index is 0.361. The van der Waals surface area contributed by atoms with Crippen LogP contribution in [-0.4, -0.2) is 34.2 Å². The van der Waals surface area contributed by atoms with Gasteiger partial charge in [0, 0.05) is 31.6 Å². The number of nitrogens with one attached hydrogen (secondary N) is 1. The van der Waals surface area contributed by atoms with Crippen LogP contribution in [-0.2, 0) is 19.9 Å². The van der Waals surface area contributed by atoms with Gasteiger partial charge in [0.1, 0.15) is 5.75 Å². The largest absolute Gasteiger partial charge is 0.493 e. The van der Waals surface area contributed by atoms with Crippen molar-refractivity contribution in [2.45, 2.75) is 25.8 Å². The van der Waals surface area contributed by atoms with Gasteiger partial charge in [-0.05, 0) is 24.6 Å². The van der Waals surface area contributed by atoms with Crippen molar-refractivity contribution in [3.8, 4) is 5.75 Å². The molecular weight excluding hydrogens is 264 g/mol. The van der Waals surface area contributed by atoms with Crippen molar-refractivity contribution in [3.05, 3.63) is 41.7 Å². The molecule has 0 bridgehead atoms. The van der Waals surface area contributed by atoms with Gasteiger partial charge in [-0.25, -0.2) is 0 Å². The van der Waals surface area contributed by atoms with Crippen LogP contribution in [0.1, 0.15) is 18.2 Å². The van der Waals surface area contributed by atoms with Crippen molar-refractivity contribution >= 4 is 0 Å². The molecule has 1 N–H and O–H groups in total. The second-order valence-electron chi connectivity index (χ2n) is 5.63. The van der Waals surface area contributed by atoms with Gasteiger partial charge in [-0.3, -0.25) is 4.68 Å². The lowest BCUT2D eigenvalue weighted by Gasteiger charge is -2.31. The minimum Gasteiger partial charge on any atom is -0.493 e. The van der Waals surface area contributed by atoms with Crippen molar-refractivity contribution in [2.75, 3.05) is 13.2 Å². The summed E-state index contributed by atoms with van der Waals surface area (Å²) in [5.74, 6) is 1.49. The topological polar surface area (TPSA) is 52.0 Å². The molecule has 21 heavy (non-hydrogen) atoms. The van der Waals surface area contributed by atoms with Crippen LogP contribution in [0.25, 0.3) is 0 Å². The van der Waals surface area contributed by atoms with E-state index in [0.29, 0.717) is 12.0 Å². The van der Waals surface area contributed by atoms with E-state index in [0.717, 1.165) is 37.4 Å². The number of nitrogens with zero attached hydrogens (tertiary/aromatic N) is 3. The van der Waals surface area contributed by atoms with E-state index in [1.807, 2.05) is 19.3 Å². The number of aromatic nitrogens is 3. The maximum atomic E-state index is 5.93. The maximum Gasteiger partial charge on any atom is 0.122 e. The summed E-state index contributed by atoms with van der Waals surface area (Å²) >= 11 is 0. The number of hydrogen-bond donors (Lipinski definition) is 1. The van der Waals surface area contributed by atoms with E-state index in [4.69, 9.17) is 4.74 Å². The highest BCUT2D eigenvalue weighted by molar-refractivity contribution is 5.35. The van der Waals surface area contributed by atoms with E-state index in [-0.39, 0.29) is 0 Å². The van der Waals surface area contributed by atoms with Gasteiger partial charge in [0.25, 0.3) is 0 Å². The number of benzene rings is 1. The molecule has 112 valence electrons. The van der Waals surface area contributed by atoms with Gasteiger partial charge >= 0.3 is 0 Å². The lowest BCUT2D eigenvalue weighted by Crippen LogP contribution is -2.43. The number of para-hydroxylation sites is 1. The summed E-state index contributed by atoms with van der Waals surface area (Å²) in [5, 5.41) is 11.8. The number of fused-ring (bicyclic) bond motifs is 1. The molecule has 0 aliphatic carbocycles. The molecule has 1 aromatic heterocycles. The third-order valence-electron chi connectivity index (χ3n) is 4.02. The summed E-state index contributed by atoms with van der Waals surface area (Å²) in [5.41, 5.74) is 2.33. The summed E-state index contributed by atoms with van der Waals surface area (Å²) in [6.07, 6.45) is 3.92. The Bertz CT molecular complexity index is 595. The molecule has 1 aliphatic rings. The van der Waals surface area contributed by atoms with E-state index in [2.05, 4.69) is 40.8 Å². The highest BCUT2D eigenvalue weighted by atomic mass is 16.5. The average molecular weight is 286 g/mol. The summed E-state index contributed by atoms with van der Waals surface area (Å²) < 4.78 is 7.68. The molecule has 2 aromatic rings. The van der Waals surface area contributed by atoms with Crippen molar-refractivity contribution in [3.63, 3.8) is 0 Å². The fourth-order valence-electron chi connectivity index (χ4n) is 2.99. The molecule has 2 heterocycles. The van der Waals surface area contributed by atoms with E-state index in [1.54, 1.807) is 4.68 Å². The van der Waals surface area contributed by atoms with Crippen LogP contribution in [0.4, 0.5) is 0 Å². The van der Waals surface area contributed by atoms with E-state index in [9.17, 15) is 0 Å². The Kier molecular flexibility index (Phi) is 4.20. The third-order valence-corrected chi connectivity index (χ3v) is 4.02. The quantitative estimate of drug-likeness (QED) is 0.907. The molecule has 0 saturated heterocycles. The van der Waals surface area contributed by atoms with Gasteiger partial charge in [-0.1, -0.05) is 30.3 Å². The van der Waals surface area contributed by atoms with Crippen molar-refractivity contribution < 1.29 is 4.74 Å². The van der Waals surface area contributed by atoms with E-state index in [1.165, 1.54) is 5.56 Å². The molecule has 0 amide bonds. The van der Waals surface area contributed by atoms with Crippen LogP contribution < -0.4 is 10.1 Å². The highest BCUT2D eigenvalue weighted by Gasteiger charge is 2.27. The zero-order valence-corrected chi connectivity index (χ0v) is 12.6. The molecule has 5 heteroatoms. The van der Waals surface area contributed by atoms with Crippen molar-refractivity contribution in [1.82, 2.24) is 20.3 Å². The van der Waals surface area contributed by atoms with E-state index < -0.39 is 0 Å². The first kappa shape index (κ1) is 14.1. The Morgan fingerprint density at radius 1 is 1.43 bits per heavy atom. The molecule has 0 saturated carbocycles. The smallest absolute Gasteiger partial charge is 0.122 e. The maximum absolute atomic E-state index is 5.93. The van der Waals surface area contributed by atoms with Gasteiger partial charge in [-0.15, -0.1) is 5.10 Å². The van der Waals surface area contributed by atoms with Crippen LogP contribution in [0.5, 0.6) is 5.75 Å². The van der Waals surface area contributed by atoms with Crippen LogP contribution in [0.15, 0.2) is 30.5 Å². The van der Waals surface area contributed by atoms with Crippen LogP contribution in [0, 0.1) is 5.92 Å². The summed E-state index contributed by atoms with van der Waals surface area (Å²) in [7, 11) is 1.90. The number of aryl methyl sites for hydroxylation is 1. The number of rotatable bonds is 5. The molecular formula is C16H22N4O. The second-order valence-corrected chi connectivity index (χ2v) is 5.63. The van der Waals surface area contributed by atoms with Crippen molar-refractivity contribution in [1.29, 1.82) is 0 Å². The zero-order chi connectivity index (χ0) is 14.7. The minimum atomic E-state index is 0.361. The molecule has 1 aromatic carbocycles. The Morgan fingerprint density at radius 3 is 3.05 bits per heavy atom. The first-order chi connectivity index (χ1) is 10.3. The predicted molar refractivity (Wildman–Crippen MR) is 81.3 cm³/mol. The second kappa shape index (κ2) is 6.26. The normalized spacial score (nSPS) is 18.9. The van der Waals surface area contributed by atoms with Gasteiger partial charge in [0.15, 0.2) is 0 Å². The summed E-state index contributed by atoms with van der Waals surface area (Å²) in [6, 6.07) is 8.68. The number of hydrogen-bond acceptors (Lipinski definition) is 4. The Labute approximate surface area is 125 Å². The average Bonchev–Trinajstić information content (AvgIpc) is 2.91. The standard InChI is InChI=1S/C16H22N4O/c1-3-17-15(9-14-10-20(2)19-18-14)13-8-12-6-4-5-7-16(12)21-11-13/h4-7,10,13,15,17H,3,8-9,11H2,1-2H3. The lowest BCUT2D eigenvalue weighted by molar-refractivity contribution is 0.184. The lowest BCUT2D eigenvalue weighted by atomic mass is 9.88. The third kappa shape index (κ3) is 3.24. The van der Waals surface area contributed by atoms with Crippen LogP contribution >= 0.6 is 0 Å². The van der Waals surface area contributed by atoms with Gasteiger partial charge in [0.05, 0.1) is 12.3 Å². The van der Waals surface area contributed by atoms with Gasteiger partial charge in [0.2, 0.25) is 0 Å². The Morgan fingerprint density at radius 2 is 2.29 bits per heavy atom. The molecule has 0 radical (unpaired) electrons. The summed E-state index contributed by atoms with van der Waals surface area (Å²) in [6.45, 7) is 3.85. The molecule has 0 spiro atoms. The fourth-order valence-corrected chi connectivity index (χ4v) is 2.99. The molecule has 0 fully saturated rings. The van der Waals surface area contributed by atoms with Crippen LogP contribution in [0.3, 0.4) is 0 Å². The molecule has 2 atom stereocenters. The zero-order valence-electron chi connectivity index (χ0n) is 12.6. The van der Waals surface area contributed by atoms with Crippen molar-refractivity contribution in [2.24, 2.45) is 13.0 Å². The van der Waals surface area contributed by atoms with Gasteiger partial charge in [-0.2, -0.15) is 0 Å². The number of likely N-dealkylation sites (N-methyl/N-ethyl adjacent to an activating group) is 1. The molecule has 2 unspecified atom stereocenters. The van der Waals surface area contributed by atoms with Crippen LogP contribution in [0.2, 0.25) is 0 Å². The van der Waals surface area contributed by atoms with Gasteiger partial charge < -0.3 is 10.1 Å². The molecule has 5 nitrogen and oxygen atoms in total. The predicted octanol–water partition coefficient (Wildman–Crippen LogP) is 1.59. The molecule has 3 rings (SSSR count). The highest BCUT2D eigenvalue weighted by Crippen LogP contribution is 2.29. The first-order valence-electron chi connectivity index (χ1n) is 7.55. The Balaban J connectivity index is 1.72. The number of ether oxygens (including phenoxy) is 1. The van der Waals surface area contributed by atoms with E-state index >= 15 is 0 Å². The monoisotopic (exact) mass is 286 g/mol. The Hall–Kier alpha value is -1.88. The first-order valence-corrected chi connectivity index (χ1v) is 7.55. The molecule has 1 aliphatic heterocycles. The fraction of sp³-hybridized carbons (Fsp3) is 0.500. The SMILES string of the molecule is CCNC(Cc1cn(C)nn1)C1COc2ccccc2C1. The summed E-state index contributed by atoms with van der Waals surface area (Å²) in [4.78, 5) is 0.